The predicted octanol–water partition coefficient (Wildman–Crippen LogP) is 3.20. The number of aryl methyl sites for hydroxylation is 1. The molecule has 0 N–H and O–H groups in total. The summed E-state index contributed by atoms with van der Waals surface area (Å²) in [5, 5.41) is 13.7. The Bertz CT molecular complexity index is 1010. The highest BCUT2D eigenvalue weighted by atomic mass is 32.1. The maximum Gasteiger partial charge on any atom is 0.293 e. The fraction of sp³-hybridized carbons (Fsp3) is 0.263. The van der Waals surface area contributed by atoms with Crippen molar-refractivity contribution in [1.29, 1.82) is 0 Å². The summed E-state index contributed by atoms with van der Waals surface area (Å²) in [6.07, 6.45) is 3.06. The Hall–Kier alpha value is -3.04. The van der Waals surface area contributed by atoms with Crippen molar-refractivity contribution in [2.75, 3.05) is 24.6 Å². The lowest BCUT2D eigenvalue weighted by atomic mass is 10.1. The highest BCUT2D eigenvalue weighted by Gasteiger charge is 2.28. The van der Waals surface area contributed by atoms with Crippen LogP contribution in [0.1, 0.15) is 27.2 Å². The molecule has 3 heterocycles. The fourth-order valence-corrected chi connectivity index (χ4v) is 4.07. The third-order valence-corrected chi connectivity index (χ3v) is 5.69. The Kier molecular flexibility index (Phi) is 4.93. The van der Waals surface area contributed by atoms with Crippen LogP contribution in [-0.2, 0) is 11.8 Å². The van der Waals surface area contributed by atoms with E-state index in [-0.39, 0.29) is 29.0 Å². The zero-order valence-electron chi connectivity index (χ0n) is 15.1. The molecule has 8 nitrogen and oxygen atoms in total. The molecule has 4 rings (SSSR count). The second-order valence-electron chi connectivity index (χ2n) is 6.47. The van der Waals surface area contributed by atoms with E-state index in [1.165, 1.54) is 12.3 Å². The first-order chi connectivity index (χ1) is 13.5. The molecule has 3 aromatic rings. The van der Waals surface area contributed by atoms with Crippen molar-refractivity contribution >= 4 is 28.5 Å². The summed E-state index contributed by atoms with van der Waals surface area (Å²) in [4.78, 5) is 31.0. The number of morpholine rings is 1. The van der Waals surface area contributed by atoms with Gasteiger partial charge in [-0.15, -0.1) is 11.3 Å². The summed E-state index contributed by atoms with van der Waals surface area (Å²) in [6, 6.07) is 8.56. The minimum atomic E-state index is -0.444. The maximum absolute atomic E-state index is 12.7. The number of nitro benzene ring substituents is 1. The number of carbonyl (C=O) groups is 1. The van der Waals surface area contributed by atoms with Crippen molar-refractivity contribution in [3.8, 4) is 0 Å². The zero-order valence-corrected chi connectivity index (χ0v) is 16.0. The number of nitrogens with zero attached hydrogens (tertiary/aromatic N) is 4. The molecule has 1 atom stereocenters. The highest BCUT2D eigenvalue weighted by Crippen LogP contribution is 2.34. The van der Waals surface area contributed by atoms with Crippen LogP contribution < -0.4 is 4.90 Å². The number of ketones is 1. The van der Waals surface area contributed by atoms with Gasteiger partial charge in [0.05, 0.1) is 11.5 Å². The molecule has 2 aromatic heterocycles. The van der Waals surface area contributed by atoms with Gasteiger partial charge in [-0.2, -0.15) is 0 Å². The molecular weight excluding hydrogens is 380 g/mol. The molecule has 1 aromatic carbocycles. The van der Waals surface area contributed by atoms with Crippen LogP contribution in [0.4, 0.5) is 11.4 Å². The minimum Gasteiger partial charge on any atom is -0.369 e. The number of anilines is 1. The second-order valence-corrected chi connectivity index (χ2v) is 7.45. The number of nitro groups is 1. The molecule has 0 spiro atoms. The average Bonchev–Trinajstić information content (AvgIpc) is 3.39. The van der Waals surface area contributed by atoms with E-state index in [2.05, 4.69) is 4.98 Å². The van der Waals surface area contributed by atoms with Crippen LogP contribution in [0.25, 0.3) is 0 Å². The number of imidazole rings is 1. The van der Waals surface area contributed by atoms with Crippen molar-refractivity contribution in [2.24, 2.45) is 7.05 Å². The number of ether oxygens (including phenoxy) is 1. The van der Waals surface area contributed by atoms with Gasteiger partial charge in [0.1, 0.15) is 11.8 Å². The van der Waals surface area contributed by atoms with Gasteiger partial charge in [0.15, 0.2) is 5.82 Å². The van der Waals surface area contributed by atoms with E-state index in [1.807, 2.05) is 22.4 Å². The van der Waals surface area contributed by atoms with Gasteiger partial charge in [-0.3, -0.25) is 14.9 Å². The van der Waals surface area contributed by atoms with Gasteiger partial charge >= 0.3 is 0 Å². The van der Waals surface area contributed by atoms with E-state index < -0.39 is 4.92 Å². The average molecular weight is 398 g/mol. The van der Waals surface area contributed by atoms with Crippen LogP contribution in [0.3, 0.4) is 0 Å². The molecule has 1 aliphatic rings. The van der Waals surface area contributed by atoms with Crippen LogP contribution in [0, 0.1) is 10.1 Å². The SMILES string of the molecule is Cn1ccnc1C(=O)c1ccc(N2CCOC(c3cccs3)C2)c([N+](=O)[O-])c1. The van der Waals surface area contributed by atoms with Gasteiger partial charge < -0.3 is 14.2 Å². The van der Waals surface area contributed by atoms with Gasteiger partial charge in [-0.05, 0) is 23.6 Å². The van der Waals surface area contributed by atoms with Crippen molar-refractivity contribution in [2.45, 2.75) is 6.10 Å². The third kappa shape index (κ3) is 3.41. The largest absolute Gasteiger partial charge is 0.369 e. The summed E-state index contributed by atoms with van der Waals surface area (Å²) >= 11 is 1.60. The first-order valence-corrected chi connectivity index (χ1v) is 9.63. The lowest BCUT2D eigenvalue weighted by Crippen LogP contribution is -2.38. The van der Waals surface area contributed by atoms with E-state index in [4.69, 9.17) is 4.74 Å². The molecule has 1 aliphatic heterocycles. The molecule has 1 saturated heterocycles. The van der Waals surface area contributed by atoms with Gasteiger partial charge in [0.25, 0.3) is 5.69 Å². The second kappa shape index (κ2) is 7.53. The van der Waals surface area contributed by atoms with E-state index >= 15 is 0 Å². The normalized spacial score (nSPS) is 16.9. The Morgan fingerprint density at radius 2 is 2.25 bits per heavy atom. The lowest BCUT2D eigenvalue weighted by molar-refractivity contribution is -0.384. The number of aromatic nitrogens is 2. The van der Waals surface area contributed by atoms with Crippen molar-refractivity contribution in [3.63, 3.8) is 0 Å². The number of rotatable bonds is 5. The van der Waals surface area contributed by atoms with Gasteiger partial charge in [0.2, 0.25) is 5.78 Å². The third-order valence-electron chi connectivity index (χ3n) is 4.73. The van der Waals surface area contributed by atoms with Crippen LogP contribution in [0.5, 0.6) is 0 Å². The molecule has 1 fully saturated rings. The fourth-order valence-electron chi connectivity index (χ4n) is 3.31. The van der Waals surface area contributed by atoms with Crippen LogP contribution in [-0.4, -0.2) is 40.0 Å². The number of benzene rings is 1. The molecular formula is C19H18N4O4S. The lowest BCUT2D eigenvalue weighted by Gasteiger charge is -2.33. The van der Waals surface area contributed by atoms with Crippen LogP contribution in [0.2, 0.25) is 0 Å². The molecule has 0 radical (unpaired) electrons. The van der Waals surface area contributed by atoms with Gasteiger partial charge in [-0.25, -0.2) is 4.98 Å². The minimum absolute atomic E-state index is 0.0908. The Morgan fingerprint density at radius 3 is 2.93 bits per heavy atom. The molecule has 0 amide bonds. The first kappa shape index (κ1) is 18.3. The topological polar surface area (TPSA) is 90.5 Å². The Labute approximate surface area is 165 Å². The van der Waals surface area contributed by atoms with Crippen molar-refractivity contribution in [3.05, 3.63) is 74.5 Å². The standard InChI is InChI=1S/C19H18N4O4S/c1-21-7-6-20-19(21)18(24)13-4-5-14(15(11-13)23(25)26)22-8-9-27-16(12-22)17-3-2-10-28-17/h2-7,10-11,16H,8-9,12H2,1H3. The number of thiophene rings is 1. The molecule has 0 bridgehead atoms. The predicted molar refractivity (Wildman–Crippen MR) is 105 cm³/mol. The van der Waals surface area contributed by atoms with Crippen molar-refractivity contribution < 1.29 is 14.5 Å². The number of hydrogen-bond acceptors (Lipinski definition) is 7. The number of carbonyl (C=O) groups excluding carboxylic acids is 1. The van der Waals surface area contributed by atoms with E-state index in [0.717, 1.165) is 4.88 Å². The molecule has 144 valence electrons. The van der Waals surface area contributed by atoms with E-state index in [0.29, 0.717) is 25.4 Å². The van der Waals surface area contributed by atoms with Gasteiger partial charge in [-0.1, -0.05) is 6.07 Å². The van der Waals surface area contributed by atoms with Crippen molar-refractivity contribution in [1.82, 2.24) is 9.55 Å². The number of hydrogen-bond donors (Lipinski definition) is 0. The summed E-state index contributed by atoms with van der Waals surface area (Å²) in [6.45, 7) is 1.55. The first-order valence-electron chi connectivity index (χ1n) is 8.75. The molecule has 0 aliphatic carbocycles. The quantitative estimate of drug-likeness (QED) is 0.372. The Morgan fingerprint density at radius 1 is 1.39 bits per heavy atom. The van der Waals surface area contributed by atoms with E-state index in [9.17, 15) is 14.9 Å². The molecule has 1 unspecified atom stereocenters. The summed E-state index contributed by atoms with van der Waals surface area (Å²) < 4.78 is 7.43. The van der Waals surface area contributed by atoms with E-state index in [1.54, 1.807) is 41.3 Å². The van der Waals surface area contributed by atoms with Crippen LogP contribution >= 0.6 is 11.3 Å². The highest BCUT2D eigenvalue weighted by molar-refractivity contribution is 7.10. The van der Waals surface area contributed by atoms with Crippen LogP contribution in [0.15, 0.2) is 48.1 Å². The van der Waals surface area contributed by atoms with Gasteiger partial charge in [0, 0.05) is 49.0 Å². The monoisotopic (exact) mass is 398 g/mol. The summed E-state index contributed by atoms with van der Waals surface area (Å²) in [5.41, 5.74) is 0.644. The summed E-state index contributed by atoms with van der Waals surface area (Å²) in [5.74, 6) is -0.105. The molecule has 9 heteroatoms. The Balaban J connectivity index is 1.65. The smallest absolute Gasteiger partial charge is 0.293 e. The molecule has 28 heavy (non-hydrogen) atoms. The molecule has 0 saturated carbocycles. The summed E-state index contributed by atoms with van der Waals surface area (Å²) in [7, 11) is 1.71. The maximum atomic E-state index is 12.7. The zero-order chi connectivity index (χ0) is 19.7.